The van der Waals surface area contributed by atoms with Crippen molar-refractivity contribution in [2.45, 2.75) is 43.8 Å². The van der Waals surface area contributed by atoms with Gasteiger partial charge in [0.25, 0.3) is 0 Å². The number of nitrogens with one attached hydrogen (secondary N) is 1. The van der Waals surface area contributed by atoms with Crippen LogP contribution in [0.5, 0.6) is 5.75 Å². The average Bonchev–Trinajstić information content (AvgIpc) is 3.23. The van der Waals surface area contributed by atoms with E-state index in [0.717, 1.165) is 61.4 Å². The molecule has 1 amide bonds. The zero-order valence-corrected chi connectivity index (χ0v) is 22.9. The number of sulfonamides is 1. The standard InChI is InChI=1S/C28H36N4O5S/c1-21-18-25-24-6-3-4-7-26(24)31(20-28(33)29-12-5-13-30-14-16-37-17-15-30)27(25)19-32(21)38(34,35)23-10-8-22(36-2)9-11-23/h3-4,6-11,21H,5,12-20H2,1-2H3,(H,29,33)/t21-/m1/s1. The fourth-order valence-corrected chi connectivity index (χ4v) is 7.07. The van der Waals surface area contributed by atoms with Crippen LogP contribution in [0.1, 0.15) is 24.6 Å². The lowest BCUT2D eigenvalue weighted by Crippen LogP contribution is -2.43. The summed E-state index contributed by atoms with van der Waals surface area (Å²) in [6.07, 6.45) is 1.46. The van der Waals surface area contributed by atoms with Crippen LogP contribution in [0, 0.1) is 0 Å². The van der Waals surface area contributed by atoms with Crippen molar-refractivity contribution >= 4 is 26.8 Å². The van der Waals surface area contributed by atoms with Crippen molar-refractivity contribution in [3.8, 4) is 5.75 Å². The molecule has 0 unspecified atom stereocenters. The van der Waals surface area contributed by atoms with Crippen LogP contribution in [0.25, 0.3) is 10.9 Å². The molecule has 1 atom stereocenters. The quantitative estimate of drug-likeness (QED) is 0.420. The summed E-state index contributed by atoms with van der Waals surface area (Å²) >= 11 is 0. The first kappa shape index (κ1) is 26.7. The van der Waals surface area contributed by atoms with Gasteiger partial charge < -0.3 is 19.4 Å². The molecule has 0 aliphatic carbocycles. The first-order valence-electron chi connectivity index (χ1n) is 13.2. The molecule has 2 aliphatic heterocycles. The predicted molar refractivity (Wildman–Crippen MR) is 146 cm³/mol. The zero-order chi connectivity index (χ0) is 26.7. The second kappa shape index (κ2) is 11.4. The molecule has 0 radical (unpaired) electrons. The van der Waals surface area contributed by atoms with E-state index < -0.39 is 10.0 Å². The number of morpholine rings is 1. The monoisotopic (exact) mass is 540 g/mol. The number of benzene rings is 2. The van der Waals surface area contributed by atoms with Gasteiger partial charge in [-0.05, 0) is 62.2 Å². The second-order valence-electron chi connectivity index (χ2n) is 9.96. The Bertz CT molecular complexity index is 1380. The van der Waals surface area contributed by atoms with Crippen molar-refractivity contribution in [1.29, 1.82) is 0 Å². The van der Waals surface area contributed by atoms with Crippen LogP contribution >= 0.6 is 0 Å². The minimum atomic E-state index is -3.74. The van der Waals surface area contributed by atoms with Crippen LogP contribution in [0.15, 0.2) is 53.4 Å². The first-order chi connectivity index (χ1) is 18.4. The Kier molecular flexibility index (Phi) is 8.04. The SMILES string of the molecule is COc1ccc(S(=O)(=O)N2Cc3c(c4ccccc4n3CC(=O)NCCCN3CCOCC3)C[C@H]2C)cc1. The summed E-state index contributed by atoms with van der Waals surface area (Å²) in [5, 5.41) is 4.14. The lowest BCUT2D eigenvalue weighted by molar-refractivity contribution is -0.121. The summed E-state index contributed by atoms with van der Waals surface area (Å²) in [4.78, 5) is 15.6. The van der Waals surface area contributed by atoms with Gasteiger partial charge in [0, 0.05) is 42.3 Å². The number of carbonyl (C=O) groups excluding carboxylic acids is 1. The third-order valence-corrected chi connectivity index (χ3v) is 9.51. The summed E-state index contributed by atoms with van der Waals surface area (Å²) in [6.45, 7) is 7.24. The Balaban J connectivity index is 1.34. The minimum Gasteiger partial charge on any atom is -0.497 e. The zero-order valence-electron chi connectivity index (χ0n) is 22.1. The highest BCUT2D eigenvalue weighted by molar-refractivity contribution is 7.89. The van der Waals surface area contributed by atoms with Gasteiger partial charge in [-0.3, -0.25) is 9.69 Å². The molecule has 38 heavy (non-hydrogen) atoms. The molecule has 1 N–H and O–H groups in total. The van der Waals surface area contributed by atoms with Crippen LogP contribution < -0.4 is 10.1 Å². The smallest absolute Gasteiger partial charge is 0.243 e. The van der Waals surface area contributed by atoms with Crippen LogP contribution in [0.4, 0.5) is 0 Å². The van der Waals surface area contributed by atoms with Gasteiger partial charge in [0.15, 0.2) is 0 Å². The van der Waals surface area contributed by atoms with E-state index >= 15 is 0 Å². The van der Waals surface area contributed by atoms with E-state index in [1.54, 1.807) is 35.7 Å². The molecule has 0 spiro atoms. The van der Waals surface area contributed by atoms with Crippen molar-refractivity contribution in [1.82, 2.24) is 19.1 Å². The Morgan fingerprint density at radius 3 is 2.58 bits per heavy atom. The third kappa shape index (κ3) is 5.44. The lowest BCUT2D eigenvalue weighted by atomic mass is 10.00. The Labute approximate surface area is 224 Å². The van der Waals surface area contributed by atoms with E-state index in [2.05, 4.69) is 16.3 Å². The van der Waals surface area contributed by atoms with Crippen LogP contribution in [-0.4, -0.2) is 80.6 Å². The molecule has 5 rings (SSSR count). The van der Waals surface area contributed by atoms with Gasteiger partial charge in [-0.15, -0.1) is 0 Å². The molecule has 2 aliphatic rings. The molecule has 0 saturated carbocycles. The molecule has 9 nitrogen and oxygen atoms in total. The van der Waals surface area contributed by atoms with Crippen molar-refractivity contribution in [2.24, 2.45) is 0 Å². The van der Waals surface area contributed by atoms with E-state index in [0.29, 0.717) is 18.7 Å². The van der Waals surface area contributed by atoms with Crippen molar-refractivity contribution in [2.75, 3.05) is 46.5 Å². The number of hydrogen-bond donors (Lipinski definition) is 1. The number of ether oxygens (including phenoxy) is 2. The number of fused-ring (bicyclic) bond motifs is 3. The molecule has 1 fully saturated rings. The lowest BCUT2D eigenvalue weighted by Gasteiger charge is -2.33. The molecule has 10 heteroatoms. The highest BCUT2D eigenvalue weighted by Gasteiger charge is 2.36. The maximum atomic E-state index is 13.6. The molecule has 3 heterocycles. The number of nitrogens with zero attached hydrogens (tertiary/aromatic N) is 3. The van der Waals surface area contributed by atoms with Crippen LogP contribution in [-0.2, 0) is 39.1 Å². The van der Waals surface area contributed by atoms with Crippen molar-refractivity contribution < 1.29 is 22.7 Å². The van der Waals surface area contributed by atoms with E-state index in [4.69, 9.17) is 9.47 Å². The Morgan fingerprint density at radius 2 is 1.84 bits per heavy atom. The molecular weight excluding hydrogens is 504 g/mol. The number of rotatable bonds is 9. The Hall–Kier alpha value is -2.92. The molecule has 0 bridgehead atoms. The van der Waals surface area contributed by atoms with Gasteiger partial charge in [-0.2, -0.15) is 4.31 Å². The summed E-state index contributed by atoms with van der Waals surface area (Å²) in [6, 6.07) is 14.3. The van der Waals surface area contributed by atoms with Gasteiger partial charge in [-0.1, -0.05) is 18.2 Å². The number of methoxy groups -OCH3 is 1. The fraction of sp³-hybridized carbons (Fsp3) is 0.464. The first-order valence-corrected chi connectivity index (χ1v) is 14.6. The normalized spacial score (nSPS) is 18.8. The number of amides is 1. The van der Waals surface area contributed by atoms with E-state index in [-0.39, 0.29) is 29.9 Å². The molecule has 3 aromatic rings. The van der Waals surface area contributed by atoms with Crippen LogP contribution in [0.2, 0.25) is 0 Å². The molecule has 204 valence electrons. The minimum absolute atomic E-state index is 0.0706. The summed E-state index contributed by atoms with van der Waals surface area (Å²) < 4.78 is 41.4. The molecule has 1 saturated heterocycles. The number of hydrogen-bond acceptors (Lipinski definition) is 6. The van der Waals surface area contributed by atoms with Crippen molar-refractivity contribution in [3.05, 3.63) is 59.8 Å². The largest absolute Gasteiger partial charge is 0.497 e. The molecule has 1 aromatic heterocycles. The molecular formula is C28H36N4O5S. The van der Waals surface area contributed by atoms with E-state index in [9.17, 15) is 13.2 Å². The van der Waals surface area contributed by atoms with Crippen molar-refractivity contribution in [3.63, 3.8) is 0 Å². The van der Waals surface area contributed by atoms with E-state index in [1.807, 2.05) is 29.7 Å². The van der Waals surface area contributed by atoms with Gasteiger partial charge in [-0.25, -0.2) is 8.42 Å². The van der Waals surface area contributed by atoms with Gasteiger partial charge >= 0.3 is 0 Å². The number of aromatic nitrogens is 1. The third-order valence-electron chi connectivity index (χ3n) is 7.54. The van der Waals surface area contributed by atoms with Gasteiger partial charge in [0.2, 0.25) is 15.9 Å². The highest BCUT2D eigenvalue weighted by Crippen LogP contribution is 2.35. The molecule has 2 aromatic carbocycles. The average molecular weight is 541 g/mol. The Morgan fingerprint density at radius 1 is 1.11 bits per heavy atom. The van der Waals surface area contributed by atoms with Gasteiger partial charge in [0.05, 0.1) is 31.8 Å². The maximum Gasteiger partial charge on any atom is 0.243 e. The summed E-state index contributed by atoms with van der Waals surface area (Å²) in [7, 11) is -2.19. The summed E-state index contributed by atoms with van der Waals surface area (Å²) in [5.41, 5.74) is 2.95. The highest BCUT2D eigenvalue weighted by atomic mass is 32.2. The van der Waals surface area contributed by atoms with Gasteiger partial charge in [0.1, 0.15) is 12.3 Å². The fourth-order valence-electron chi connectivity index (χ4n) is 5.48. The number of carbonyl (C=O) groups is 1. The second-order valence-corrected chi connectivity index (χ2v) is 11.9. The maximum absolute atomic E-state index is 13.6. The van der Waals surface area contributed by atoms with E-state index in [1.165, 1.54) is 0 Å². The number of para-hydroxylation sites is 1. The van der Waals surface area contributed by atoms with Crippen LogP contribution in [0.3, 0.4) is 0 Å². The predicted octanol–water partition coefficient (Wildman–Crippen LogP) is 2.62. The summed E-state index contributed by atoms with van der Waals surface area (Å²) in [5.74, 6) is 0.535. The topological polar surface area (TPSA) is 93.1 Å².